The van der Waals surface area contributed by atoms with E-state index in [0.717, 1.165) is 17.1 Å². The van der Waals surface area contributed by atoms with Gasteiger partial charge in [-0.25, -0.2) is 0 Å². The molecule has 9 aromatic rings. The van der Waals surface area contributed by atoms with Crippen LogP contribution in [0.15, 0.2) is 188 Å². The number of para-hydroxylation sites is 2. The maximum atomic E-state index is 3.82. The summed E-state index contributed by atoms with van der Waals surface area (Å²) in [6.45, 7) is 10.7. The molecule has 0 unspecified atom stereocenters. The number of aromatic nitrogens is 1. The molecule has 0 saturated heterocycles. The van der Waals surface area contributed by atoms with Crippen molar-refractivity contribution in [2.45, 2.75) is 26.2 Å². The van der Waals surface area contributed by atoms with Crippen molar-refractivity contribution in [3.05, 3.63) is 199 Å². The first-order valence-corrected chi connectivity index (χ1v) is 19.8. The summed E-state index contributed by atoms with van der Waals surface area (Å²) < 4.78 is 5.13. The van der Waals surface area contributed by atoms with Crippen LogP contribution in [0.25, 0.3) is 69.9 Å². The molecule has 55 heavy (non-hydrogen) atoms. The zero-order valence-electron chi connectivity index (χ0n) is 31.3. The Hall–Kier alpha value is -6.42. The van der Waals surface area contributed by atoms with E-state index in [2.05, 4.69) is 195 Å². The van der Waals surface area contributed by atoms with Crippen molar-refractivity contribution in [2.75, 3.05) is 4.90 Å². The van der Waals surface area contributed by atoms with Crippen LogP contribution in [0.4, 0.5) is 11.4 Å². The molecule has 1 aliphatic carbocycles. The van der Waals surface area contributed by atoms with E-state index >= 15 is 0 Å². The van der Waals surface area contributed by atoms with Gasteiger partial charge in [-0.3, -0.25) is 0 Å². The molecule has 10 rings (SSSR count). The lowest BCUT2D eigenvalue weighted by Crippen LogP contribution is -2.14. The topological polar surface area (TPSA) is 8.17 Å². The van der Waals surface area contributed by atoms with E-state index in [1.54, 1.807) is 6.08 Å². The zero-order valence-corrected chi connectivity index (χ0v) is 32.1. The van der Waals surface area contributed by atoms with Gasteiger partial charge in [0, 0.05) is 59.1 Å². The van der Waals surface area contributed by atoms with Gasteiger partial charge in [0.15, 0.2) is 0 Å². The molecule has 0 bridgehead atoms. The average Bonchev–Trinajstić information content (AvgIpc) is 3.84. The van der Waals surface area contributed by atoms with Gasteiger partial charge in [-0.15, -0.1) is 11.3 Å². The van der Waals surface area contributed by atoms with Crippen LogP contribution in [0, 0.1) is 0 Å². The molecule has 264 valence electrons. The highest BCUT2D eigenvalue weighted by molar-refractivity contribution is 7.26. The van der Waals surface area contributed by atoms with Gasteiger partial charge in [-0.1, -0.05) is 130 Å². The number of rotatable bonds is 7. The van der Waals surface area contributed by atoms with Crippen LogP contribution in [-0.2, 0) is 5.41 Å². The number of allylic oxidation sites excluding steroid dienone is 5. The van der Waals surface area contributed by atoms with Crippen molar-refractivity contribution in [1.29, 1.82) is 0 Å². The summed E-state index contributed by atoms with van der Waals surface area (Å²) in [5, 5.41) is 5.32. The van der Waals surface area contributed by atoms with Crippen molar-refractivity contribution in [3.8, 4) is 27.9 Å². The standard InChI is InChI=1S/C52H40N2S/c1-5-6-9-16-34(2)53(37-17-10-7-11-18-37)39-26-23-35(24-27-39)36-25-32-47-42(33-36)40-28-30-46-50(51(40)55-47)49-45(54(46)38-19-12-8-13-20-38)31-29-44-48(49)41-21-14-15-22-43(41)52(44,3)4/h5-33H,1H2,2-4H3/b9-6-,34-16+. The lowest BCUT2D eigenvalue weighted by molar-refractivity contribution is 0.661. The van der Waals surface area contributed by atoms with E-state index in [1.165, 1.54) is 81.0 Å². The van der Waals surface area contributed by atoms with Crippen LogP contribution >= 0.6 is 11.3 Å². The Morgan fingerprint density at radius 2 is 1.31 bits per heavy atom. The van der Waals surface area contributed by atoms with Crippen LogP contribution in [-0.4, -0.2) is 4.57 Å². The molecule has 7 aromatic carbocycles. The van der Waals surface area contributed by atoms with E-state index in [9.17, 15) is 0 Å². The lowest BCUT2D eigenvalue weighted by atomic mass is 9.82. The third-order valence-electron chi connectivity index (χ3n) is 11.5. The summed E-state index contributed by atoms with van der Waals surface area (Å²) in [5.41, 5.74) is 14.9. The SMILES string of the molecule is C=C/C=C\C=C(/C)N(c1ccccc1)c1ccc(-c2ccc3sc4c(ccc5c4c4c6c(ccc4n5-c4ccccc4)C(C)(C)c4ccccc4-6)c3c2)cc1. The first-order chi connectivity index (χ1) is 26.9. The Labute approximate surface area is 326 Å². The summed E-state index contributed by atoms with van der Waals surface area (Å²) in [6, 6.07) is 55.8. The number of nitrogens with zero attached hydrogens (tertiary/aromatic N) is 2. The second kappa shape index (κ2) is 12.9. The molecule has 0 saturated carbocycles. The minimum Gasteiger partial charge on any atom is -0.315 e. The van der Waals surface area contributed by atoms with E-state index in [0.29, 0.717) is 0 Å². The minimum atomic E-state index is -0.0739. The molecule has 2 heterocycles. The second-order valence-corrected chi connectivity index (χ2v) is 16.1. The maximum absolute atomic E-state index is 3.82. The predicted octanol–water partition coefficient (Wildman–Crippen LogP) is 14.9. The molecule has 0 spiro atoms. The Kier molecular flexibility index (Phi) is 7.76. The number of hydrogen-bond donors (Lipinski definition) is 0. The van der Waals surface area contributed by atoms with Crippen molar-refractivity contribution >= 4 is 64.7 Å². The quantitative estimate of drug-likeness (QED) is 0.149. The lowest BCUT2D eigenvalue weighted by Gasteiger charge is -2.26. The average molecular weight is 725 g/mol. The molecule has 3 heteroatoms. The van der Waals surface area contributed by atoms with Crippen molar-refractivity contribution in [1.82, 2.24) is 4.57 Å². The summed E-state index contributed by atoms with van der Waals surface area (Å²) in [6.07, 6.45) is 7.92. The highest BCUT2D eigenvalue weighted by Gasteiger charge is 2.37. The van der Waals surface area contributed by atoms with Crippen LogP contribution in [0.1, 0.15) is 31.9 Å². The van der Waals surface area contributed by atoms with E-state index in [1.807, 2.05) is 23.5 Å². The number of benzene rings is 7. The maximum Gasteiger partial charge on any atom is 0.0555 e. The number of fused-ring (bicyclic) bond motifs is 11. The molecule has 0 aliphatic heterocycles. The summed E-state index contributed by atoms with van der Waals surface area (Å²) in [4.78, 5) is 2.29. The largest absolute Gasteiger partial charge is 0.315 e. The highest BCUT2D eigenvalue weighted by atomic mass is 32.1. The summed E-state index contributed by atoms with van der Waals surface area (Å²) in [7, 11) is 0. The number of hydrogen-bond acceptors (Lipinski definition) is 2. The molecular weight excluding hydrogens is 685 g/mol. The van der Waals surface area contributed by atoms with Gasteiger partial charge < -0.3 is 9.47 Å². The highest BCUT2D eigenvalue weighted by Crippen LogP contribution is 2.54. The smallest absolute Gasteiger partial charge is 0.0555 e. The Morgan fingerprint density at radius 3 is 2.09 bits per heavy atom. The molecule has 0 amide bonds. The molecular formula is C52H40N2S. The monoisotopic (exact) mass is 724 g/mol. The van der Waals surface area contributed by atoms with Crippen molar-refractivity contribution in [2.24, 2.45) is 0 Å². The fraction of sp³-hybridized carbons (Fsp3) is 0.0769. The minimum absolute atomic E-state index is 0.0739. The zero-order chi connectivity index (χ0) is 37.3. The van der Waals surface area contributed by atoms with Gasteiger partial charge in [-0.05, 0) is 107 Å². The van der Waals surface area contributed by atoms with Crippen LogP contribution < -0.4 is 4.90 Å². The van der Waals surface area contributed by atoms with Gasteiger partial charge in [0.1, 0.15) is 0 Å². The fourth-order valence-electron chi connectivity index (χ4n) is 8.93. The van der Waals surface area contributed by atoms with Gasteiger partial charge in [0.25, 0.3) is 0 Å². The second-order valence-electron chi connectivity index (χ2n) is 15.0. The first-order valence-electron chi connectivity index (χ1n) is 19.0. The predicted molar refractivity (Wildman–Crippen MR) is 238 cm³/mol. The van der Waals surface area contributed by atoms with Crippen molar-refractivity contribution in [3.63, 3.8) is 0 Å². The summed E-state index contributed by atoms with van der Waals surface area (Å²) >= 11 is 1.92. The number of anilines is 2. The fourth-order valence-corrected chi connectivity index (χ4v) is 10.2. The van der Waals surface area contributed by atoms with Crippen molar-refractivity contribution < 1.29 is 0 Å². The Balaban J connectivity index is 1.15. The van der Waals surface area contributed by atoms with Crippen LogP contribution in [0.5, 0.6) is 0 Å². The Bertz CT molecular complexity index is 3010. The van der Waals surface area contributed by atoms with Gasteiger partial charge in [0.05, 0.1) is 11.0 Å². The van der Waals surface area contributed by atoms with Gasteiger partial charge in [0.2, 0.25) is 0 Å². The molecule has 1 aliphatic rings. The van der Waals surface area contributed by atoms with E-state index in [4.69, 9.17) is 0 Å². The first kappa shape index (κ1) is 33.2. The molecule has 2 nitrogen and oxygen atoms in total. The number of thiophene rings is 1. The molecule has 0 atom stereocenters. The summed E-state index contributed by atoms with van der Waals surface area (Å²) in [5.74, 6) is 0. The molecule has 2 aromatic heterocycles. The van der Waals surface area contributed by atoms with E-state index < -0.39 is 0 Å². The normalized spacial score (nSPS) is 13.6. The van der Waals surface area contributed by atoms with Crippen LogP contribution in [0.3, 0.4) is 0 Å². The molecule has 0 fully saturated rings. The third kappa shape index (κ3) is 5.15. The molecule has 0 radical (unpaired) electrons. The Morgan fingerprint density at radius 1 is 0.636 bits per heavy atom. The molecule has 0 N–H and O–H groups in total. The van der Waals surface area contributed by atoms with E-state index in [-0.39, 0.29) is 5.41 Å². The van der Waals surface area contributed by atoms with Gasteiger partial charge in [-0.2, -0.15) is 0 Å². The van der Waals surface area contributed by atoms with Gasteiger partial charge >= 0.3 is 0 Å². The van der Waals surface area contributed by atoms with Crippen LogP contribution in [0.2, 0.25) is 0 Å². The third-order valence-corrected chi connectivity index (χ3v) is 12.7.